The quantitative estimate of drug-likeness (QED) is 0.0796. The Morgan fingerprint density at radius 3 is 0.752 bits per heavy atom. The number of rotatable bonds is 18. The predicted molar refractivity (Wildman–Crippen MR) is 601 cm³/mol. The van der Waals surface area contributed by atoms with Crippen molar-refractivity contribution >= 4 is 101 Å². The van der Waals surface area contributed by atoms with Crippen LogP contribution in [0.25, 0.3) is 99.5 Å². The van der Waals surface area contributed by atoms with Crippen LogP contribution in [0.1, 0.15) is 301 Å². The summed E-state index contributed by atoms with van der Waals surface area (Å²) in [7, 11) is 0. The van der Waals surface area contributed by atoms with Crippen LogP contribution < -0.4 is 26.2 Å². The molecule has 137 heavy (non-hydrogen) atoms. The van der Waals surface area contributed by atoms with Crippen LogP contribution in [-0.4, -0.2) is 15.8 Å². The molecule has 0 spiro atoms. The van der Waals surface area contributed by atoms with Gasteiger partial charge in [-0.3, -0.25) is 0 Å². The Balaban J connectivity index is 1.09. The van der Waals surface area contributed by atoms with E-state index in [4.69, 9.17) is 0 Å². The van der Waals surface area contributed by atoms with Crippen LogP contribution in [-0.2, 0) is 69.4 Å². The predicted octanol–water partition coefficient (Wildman–Crippen LogP) is 35.8. The second kappa shape index (κ2) is 35.2. The van der Waals surface area contributed by atoms with Gasteiger partial charge in [0.1, 0.15) is 0 Å². The van der Waals surface area contributed by atoms with Crippen molar-refractivity contribution < 1.29 is 11.0 Å². The number of hydrogen-bond donors (Lipinski definition) is 0. The molecule has 0 saturated heterocycles. The molecule has 710 valence electrons. The lowest BCUT2D eigenvalue weighted by Crippen LogP contribution is -2.61. The smallest absolute Gasteiger partial charge is 0.252 e. The summed E-state index contributed by atoms with van der Waals surface area (Å²) in [6.45, 7) is 72.6. The van der Waals surface area contributed by atoms with Crippen molar-refractivity contribution in [3.8, 4) is 55.9 Å². The molecule has 0 amide bonds. The van der Waals surface area contributed by atoms with E-state index in [1.54, 1.807) is 0 Å². The first-order valence-electron chi connectivity index (χ1n) is 54.7. The minimum absolute atomic E-state index is 0.000758. The summed E-state index contributed by atoms with van der Waals surface area (Å²) >= 11 is 0. The van der Waals surface area contributed by atoms with E-state index in [0.717, 1.165) is 183 Å². The van der Waals surface area contributed by atoms with Gasteiger partial charge in [0.25, 0.3) is 6.71 Å². The van der Waals surface area contributed by atoms with Gasteiger partial charge < -0.3 is 18.9 Å². The molecule has 4 nitrogen and oxygen atoms in total. The molecule has 0 radical (unpaired) electrons. The van der Waals surface area contributed by atoms with Gasteiger partial charge in [-0.2, -0.15) is 0 Å². The SMILES string of the molecule is [2H]C([2H])(c1ccc2c(c1)c1cc(C([2H])([2H])C(C)(C)C)ccc1n2-c1ccc2c(c1)N(c1cc(-c3cccc(CC(C)(C)C)c3)c(CC(C)(C)C)cc1-c1cccc(CC(C)(C)C)c1)c1cc(C(C)(C)C)cc3c1B2c1ccc(-n2c4ccc(C([2H])([2H])C(C)(C)C)cc4c4cc(C([2H])([2H])C(C)(C)C)ccc42)cc1N3c1cc(-c2cccc(CC(C)(C)C)c2)c(CC(C)(C)C)cc1-c1cccc(CC(C)(C)C)c1)C(C)(C)C. The summed E-state index contributed by atoms with van der Waals surface area (Å²) in [4.78, 5) is 5.38. The standard InChI is InChI=1S/C132H159BN4/c1-122(2,3)74-84-38-34-42-92(58-84)101-72-115(103(66-96(101)82-130(25,26)27)94-44-36-40-86(60-94)76-124(7,8)9)136-117-70-99(134-111-54-46-88(78-126(13,14)15)62-105(111)106-63-89(47-55-112(106)134)79-127(16,17)18)50-52-109(117)133-110-53-51-100(135-113-56-48-90(80-128(19,20)21)64-107(113)108-65-91(49-57-114(108)135)81-129(22,23)24)71-118(110)137(120-69-98(132(31,32)33)68-119(136)121(120)133)116-73-102(93-43-35-39-85(59-93)75-123(4,5)6)97(83-131(28,29)30)67-104(116)95-45-37-41-87(61-95)77-125(10,11)12/h34-73H,74-83H2,1-33H3/i78D2,79D2,80D2,81D2. The van der Waals surface area contributed by atoms with Crippen LogP contribution in [0.4, 0.5) is 34.1 Å². The summed E-state index contributed by atoms with van der Waals surface area (Å²) in [5.41, 5.74) is 30.7. The first-order chi connectivity index (χ1) is 66.7. The first kappa shape index (κ1) is 87.6. The van der Waals surface area contributed by atoms with Gasteiger partial charge in [-0.05, 0) is 344 Å². The van der Waals surface area contributed by atoms with Gasteiger partial charge in [-0.15, -0.1) is 0 Å². The Hall–Kier alpha value is -10.9. The number of nitrogens with zero attached hydrogens (tertiary/aromatic N) is 4. The average Bonchev–Trinajstić information content (AvgIpc) is 1.10. The highest BCUT2D eigenvalue weighted by molar-refractivity contribution is 7.00. The van der Waals surface area contributed by atoms with Crippen LogP contribution in [0.3, 0.4) is 0 Å². The fourth-order valence-electron chi connectivity index (χ4n) is 21.8. The van der Waals surface area contributed by atoms with Gasteiger partial charge in [0.2, 0.25) is 0 Å². The molecule has 0 N–H and O–H groups in total. The molecule has 13 aromatic carbocycles. The van der Waals surface area contributed by atoms with Crippen molar-refractivity contribution in [3.05, 3.63) is 304 Å². The van der Waals surface area contributed by atoms with Gasteiger partial charge in [-0.1, -0.05) is 362 Å². The summed E-state index contributed by atoms with van der Waals surface area (Å²) in [5, 5.41) is 3.34. The molecule has 0 unspecified atom stereocenters. The number of fused-ring (bicyclic) bond motifs is 10. The fourth-order valence-corrected chi connectivity index (χ4v) is 21.8. The Bertz CT molecular complexity index is 6990. The second-order valence-electron chi connectivity index (χ2n) is 53.1. The highest BCUT2D eigenvalue weighted by Gasteiger charge is 2.47. The third kappa shape index (κ3) is 21.8. The van der Waals surface area contributed by atoms with Gasteiger partial charge in [-0.25, -0.2) is 0 Å². The lowest BCUT2D eigenvalue weighted by molar-refractivity contribution is 0.410. The summed E-state index contributed by atoms with van der Waals surface area (Å²) in [5.74, 6) is 0. The molecule has 0 aliphatic carbocycles. The molecule has 15 aromatic rings. The molecule has 4 heterocycles. The van der Waals surface area contributed by atoms with Crippen molar-refractivity contribution in [3.63, 3.8) is 0 Å². The van der Waals surface area contributed by atoms with Crippen molar-refractivity contribution in [2.45, 2.75) is 298 Å². The van der Waals surface area contributed by atoms with E-state index in [2.05, 4.69) is 383 Å². The van der Waals surface area contributed by atoms with Gasteiger partial charge in [0.15, 0.2) is 0 Å². The van der Waals surface area contributed by atoms with Gasteiger partial charge >= 0.3 is 0 Å². The molecular formula is C132H159BN4. The summed E-state index contributed by atoms with van der Waals surface area (Å²) in [6, 6.07) is 92.0. The van der Waals surface area contributed by atoms with E-state index in [1.807, 2.05) is 107 Å². The first-order valence-corrected chi connectivity index (χ1v) is 50.7. The molecule has 0 atom stereocenters. The van der Waals surface area contributed by atoms with Crippen LogP contribution in [0, 0.1) is 54.1 Å². The number of aromatic nitrogens is 2. The highest BCUT2D eigenvalue weighted by Crippen LogP contribution is 2.55. The molecule has 2 aromatic heterocycles. The zero-order chi connectivity index (χ0) is 106. The van der Waals surface area contributed by atoms with E-state index in [9.17, 15) is 11.0 Å². The van der Waals surface area contributed by atoms with Crippen LogP contribution in [0.15, 0.2) is 243 Å². The lowest BCUT2D eigenvalue weighted by Gasteiger charge is -2.46. The van der Waals surface area contributed by atoms with Crippen LogP contribution >= 0.6 is 0 Å². The van der Waals surface area contributed by atoms with Crippen LogP contribution in [0.5, 0.6) is 0 Å². The van der Waals surface area contributed by atoms with Crippen LogP contribution in [0.2, 0.25) is 0 Å². The Morgan fingerprint density at radius 2 is 0.496 bits per heavy atom. The fraction of sp³-hybridized carbons (Fsp3) is 0.409. The zero-order valence-electron chi connectivity index (χ0n) is 97.2. The third-order valence-corrected chi connectivity index (χ3v) is 26.3. The Morgan fingerprint density at radius 1 is 0.226 bits per heavy atom. The molecule has 2 aliphatic rings. The molecule has 0 saturated carbocycles. The summed E-state index contributed by atoms with van der Waals surface area (Å²) in [6.07, 6.45) is -1.97. The maximum atomic E-state index is 9.95. The minimum atomic E-state index is -1.76. The third-order valence-electron chi connectivity index (χ3n) is 26.3. The molecule has 5 heteroatoms. The molecule has 0 bridgehead atoms. The maximum absolute atomic E-state index is 9.95. The Labute approximate surface area is 837 Å². The lowest BCUT2D eigenvalue weighted by atomic mass is 9.33. The number of anilines is 6. The number of hydrogen-bond acceptors (Lipinski definition) is 2. The number of benzene rings is 13. The van der Waals surface area contributed by atoms with E-state index in [1.165, 1.54) is 44.5 Å². The largest absolute Gasteiger partial charge is 0.311 e. The van der Waals surface area contributed by atoms with Crippen molar-refractivity contribution in [1.82, 2.24) is 9.13 Å². The second-order valence-corrected chi connectivity index (χ2v) is 53.1. The topological polar surface area (TPSA) is 16.3 Å². The molecule has 2 aliphatic heterocycles. The van der Waals surface area contributed by atoms with E-state index in [-0.39, 0.29) is 32.5 Å². The Kier molecular flexibility index (Phi) is 22.5. The van der Waals surface area contributed by atoms with Gasteiger partial charge in [0, 0.05) is 77.8 Å². The normalized spacial score (nSPS) is 15.1. The van der Waals surface area contributed by atoms with Crippen molar-refractivity contribution in [2.75, 3.05) is 9.80 Å². The summed E-state index contributed by atoms with van der Waals surface area (Å²) < 4.78 is 84.3. The zero-order valence-corrected chi connectivity index (χ0v) is 89.2. The van der Waals surface area contributed by atoms with E-state index < -0.39 is 59.3 Å². The molecular weight excluding hydrogens is 1650 g/mol. The van der Waals surface area contributed by atoms with E-state index in [0.29, 0.717) is 22.3 Å². The van der Waals surface area contributed by atoms with Crippen molar-refractivity contribution in [1.29, 1.82) is 0 Å². The highest BCUT2D eigenvalue weighted by atomic mass is 15.2. The van der Waals surface area contributed by atoms with Crippen molar-refractivity contribution in [2.24, 2.45) is 54.1 Å². The monoisotopic (exact) mass is 1820 g/mol. The minimum Gasteiger partial charge on any atom is -0.311 e. The molecule has 0 fully saturated rings. The maximum Gasteiger partial charge on any atom is 0.252 e. The van der Waals surface area contributed by atoms with E-state index >= 15 is 0 Å². The average molecular weight is 1820 g/mol. The van der Waals surface area contributed by atoms with Gasteiger partial charge in [0.05, 0.1) is 33.4 Å². The molecule has 17 rings (SSSR count).